The summed E-state index contributed by atoms with van der Waals surface area (Å²) in [7, 11) is 1.80. The first-order valence-corrected chi connectivity index (χ1v) is 10.5. The highest BCUT2D eigenvalue weighted by Gasteiger charge is 2.35. The van der Waals surface area contributed by atoms with Crippen molar-refractivity contribution >= 4 is 11.8 Å². The van der Waals surface area contributed by atoms with Crippen molar-refractivity contribution in [3.63, 3.8) is 0 Å². The highest BCUT2D eigenvalue weighted by molar-refractivity contribution is 5.86. The number of nitrogens with one attached hydrogen (secondary N) is 1. The van der Waals surface area contributed by atoms with Crippen LogP contribution in [0.4, 0.5) is 4.39 Å². The molecule has 1 aromatic heterocycles. The molecule has 0 unspecified atom stereocenters. The maximum atomic E-state index is 13.1. The van der Waals surface area contributed by atoms with Gasteiger partial charge in [0.1, 0.15) is 11.6 Å². The van der Waals surface area contributed by atoms with Crippen LogP contribution in [0.15, 0.2) is 60.8 Å². The number of ether oxygens (including phenoxy) is 1. The Morgan fingerprint density at radius 2 is 1.91 bits per heavy atom. The number of benzene rings is 2. The number of hydrogen-bond acceptors (Lipinski definition) is 4. The number of hydrogen-bond donors (Lipinski definition) is 1. The summed E-state index contributed by atoms with van der Waals surface area (Å²) in [5.41, 5.74) is 2.48. The maximum absolute atomic E-state index is 13.1. The van der Waals surface area contributed by atoms with E-state index >= 15 is 0 Å². The molecule has 4 rings (SSSR count). The van der Waals surface area contributed by atoms with Crippen molar-refractivity contribution in [2.75, 3.05) is 19.7 Å². The summed E-state index contributed by atoms with van der Waals surface area (Å²) in [5.74, 6) is -0.603. The molecule has 0 aliphatic carbocycles. The number of aryl methyl sites for hydroxylation is 1. The number of carbonyl (C=O) groups excluding carboxylic acids is 2. The van der Waals surface area contributed by atoms with Gasteiger partial charge < -0.3 is 15.0 Å². The predicted octanol–water partition coefficient (Wildman–Crippen LogP) is 2.42. The molecule has 166 valence electrons. The van der Waals surface area contributed by atoms with Crippen LogP contribution in [-0.2, 0) is 29.6 Å². The number of para-hydroxylation sites is 1. The molecule has 1 aliphatic heterocycles. The van der Waals surface area contributed by atoms with E-state index in [0.717, 1.165) is 11.1 Å². The zero-order chi connectivity index (χ0) is 22.5. The molecule has 32 heavy (non-hydrogen) atoms. The summed E-state index contributed by atoms with van der Waals surface area (Å²) < 4.78 is 20.3. The minimum absolute atomic E-state index is 0.0987. The standard InChI is InChI=1S/C24H25FN4O3/c1-28-13-18-14-29(22(30)16-32-20-5-3-2-4-6-20)15-21(23(18)27-28)24(31)26-12-11-17-7-9-19(25)10-8-17/h2-10,13,21H,11-12,14-16H2,1H3,(H,26,31)/t21-/m0/s1. The van der Waals surface area contributed by atoms with Crippen LogP contribution in [0.1, 0.15) is 22.7 Å². The second-order valence-electron chi connectivity index (χ2n) is 7.81. The first-order valence-electron chi connectivity index (χ1n) is 10.5. The molecule has 0 saturated heterocycles. The lowest BCUT2D eigenvalue weighted by Gasteiger charge is -2.31. The Morgan fingerprint density at radius 1 is 1.16 bits per heavy atom. The van der Waals surface area contributed by atoms with Crippen LogP contribution < -0.4 is 10.1 Å². The fourth-order valence-corrected chi connectivity index (χ4v) is 3.80. The summed E-state index contributed by atoms with van der Waals surface area (Å²) in [6.45, 7) is 0.940. The van der Waals surface area contributed by atoms with Crippen LogP contribution >= 0.6 is 0 Å². The normalized spacial score (nSPS) is 15.2. The number of carbonyl (C=O) groups is 2. The van der Waals surface area contributed by atoms with Crippen molar-refractivity contribution in [1.82, 2.24) is 20.0 Å². The van der Waals surface area contributed by atoms with Gasteiger partial charge in [0.2, 0.25) is 5.91 Å². The van der Waals surface area contributed by atoms with Gasteiger partial charge in [-0.3, -0.25) is 14.3 Å². The van der Waals surface area contributed by atoms with Crippen molar-refractivity contribution in [3.8, 4) is 5.75 Å². The number of halogens is 1. The number of nitrogens with zero attached hydrogens (tertiary/aromatic N) is 3. The molecule has 1 aliphatic rings. The van der Waals surface area contributed by atoms with Crippen molar-refractivity contribution in [2.45, 2.75) is 18.9 Å². The van der Waals surface area contributed by atoms with E-state index in [-0.39, 0.29) is 30.8 Å². The van der Waals surface area contributed by atoms with E-state index in [1.54, 1.807) is 40.9 Å². The average Bonchev–Trinajstić information content (AvgIpc) is 3.18. The first-order chi connectivity index (χ1) is 15.5. The van der Waals surface area contributed by atoms with Crippen molar-refractivity contribution < 1.29 is 18.7 Å². The first kappa shape index (κ1) is 21.5. The van der Waals surface area contributed by atoms with Gasteiger partial charge in [-0.1, -0.05) is 30.3 Å². The molecule has 7 nitrogen and oxygen atoms in total. The highest BCUT2D eigenvalue weighted by atomic mass is 19.1. The van der Waals surface area contributed by atoms with Crippen LogP contribution in [0.5, 0.6) is 5.75 Å². The van der Waals surface area contributed by atoms with E-state index in [4.69, 9.17) is 4.74 Å². The predicted molar refractivity (Wildman–Crippen MR) is 116 cm³/mol. The molecule has 2 aromatic carbocycles. The molecule has 1 atom stereocenters. The van der Waals surface area contributed by atoms with Crippen LogP contribution in [-0.4, -0.2) is 46.2 Å². The molecule has 1 N–H and O–H groups in total. The zero-order valence-corrected chi connectivity index (χ0v) is 17.8. The largest absolute Gasteiger partial charge is 0.484 e. The Hall–Kier alpha value is -3.68. The topological polar surface area (TPSA) is 76.5 Å². The summed E-state index contributed by atoms with van der Waals surface area (Å²) in [6, 6.07) is 15.4. The van der Waals surface area contributed by atoms with Gasteiger partial charge in [-0.05, 0) is 36.2 Å². The van der Waals surface area contributed by atoms with Gasteiger partial charge in [-0.15, -0.1) is 0 Å². The molecule has 0 radical (unpaired) electrons. The third-order valence-corrected chi connectivity index (χ3v) is 5.43. The van der Waals surface area contributed by atoms with E-state index < -0.39 is 5.92 Å². The van der Waals surface area contributed by atoms with Gasteiger partial charge >= 0.3 is 0 Å². The number of fused-ring (bicyclic) bond motifs is 1. The molecule has 8 heteroatoms. The maximum Gasteiger partial charge on any atom is 0.260 e. The van der Waals surface area contributed by atoms with Gasteiger partial charge in [-0.2, -0.15) is 5.10 Å². The van der Waals surface area contributed by atoms with Gasteiger partial charge in [0.25, 0.3) is 5.91 Å². The Kier molecular flexibility index (Phi) is 6.49. The smallest absolute Gasteiger partial charge is 0.260 e. The molecule has 0 fully saturated rings. The van der Waals surface area contributed by atoms with Crippen molar-refractivity contribution in [2.24, 2.45) is 7.05 Å². The second kappa shape index (κ2) is 9.64. The summed E-state index contributed by atoms with van der Waals surface area (Å²) >= 11 is 0. The molecule has 0 saturated carbocycles. The van der Waals surface area contributed by atoms with Gasteiger partial charge in [0, 0.05) is 38.4 Å². The summed E-state index contributed by atoms with van der Waals surface area (Å²) in [4.78, 5) is 27.4. The fraction of sp³-hybridized carbons (Fsp3) is 0.292. The second-order valence-corrected chi connectivity index (χ2v) is 7.81. The Labute approximate surface area is 185 Å². The number of aromatic nitrogens is 2. The Balaban J connectivity index is 1.39. The van der Waals surface area contributed by atoms with Crippen molar-refractivity contribution in [1.29, 1.82) is 0 Å². The SMILES string of the molecule is Cn1cc2c(n1)[C@@H](C(=O)NCCc1ccc(F)cc1)CN(C(=O)COc1ccccc1)C2. The Morgan fingerprint density at radius 3 is 2.66 bits per heavy atom. The van der Waals surface area contributed by atoms with E-state index in [1.165, 1.54) is 12.1 Å². The van der Waals surface area contributed by atoms with Crippen LogP contribution in [0.2, 0.25) is 0 Å². The highest BCUT2D eigenvalue weighted by Crippen LogP contribution is 2.27. The van der Waals surface area contributed by atoms with Gasteiger partial charge in [0.05, 0.1) is 11.6 Å². The number of amides is 2. The van der Waals surface area contributed by atoms with Crippen LogP contribution in [0.25, 0.3) is 0 Å². The van der Waals surface area contributed by atoms with Crippen LogP contribution in [0, 0.1) is 5.82 Å². The monoisotopic (exact) mass is 436 g/mol. The lowest BCUT2D eigenvalue weighted by molar-refractivity contribution is -0.135. The molecule has 0 spiro atoms. The third kappa shape index (κ3) is 5.14. The molecule has 0 bridgehead atoms. The Bertz CT molecular complexity index is 1080. The van der Waals surface area contributed by atoms with Crippen molar-refractivity contribution in [3.05, 3.63) is 83.4 Å². The molecular formula is C24H25FN4O3. The number of rotatable bonds is 7. The lowest BCUT2D eigenvalue weighted by atomic mass is 9.95. The van der Waals surface area contributed by atoms with Gasteiger partial charge in [0.15, 0.2) is 6.61 Å². The molecule has 3 aromatic rings. The molecule has 2 heterocycles. The van der Waals surface area contributed by atoms with E-state index in [1.807, 2.05) is 24.4 Å². The third-order valence-electron chi connectivity index (χ3n) is 5.43. The minimum atomic E-state index is -0.561. The van der Waals surface area contributed by atoms with E-state index in [9.17, 15) is 14.0 Å². The van der Waals surface area contributed by atoms with Gasteiger partial charge in [-0.25, -0.2) is 4.39 Å². The fourth-order valence-electron chi connectivity index (χ4n) is 3.80. The molecule has 2 amide bonds. The van der Waals surface area contributed by atoms with E-state index in [0.29, 0.717) is 31.0 Å². The van der Waals surface area contributed by atoms with E-state index in [2.05, 4.69) is 10.4 Å². The van der Waals surface area contributed by atoms with Crippen LogP contribution in [0.3, 0.4) is 0 Å². The zero-order valence-electron chi connectivity index (χ0n) is 17.8. The quantitative estimate of drug-likeness (QED) is 0.617. The molecular weight excluding hydrogens is 411 g/mol. The lowest BCUT2D eigenvalue weighted by Crippen LogP contribution is -2.45. The average molecular weight is 436 g/mol. The summed E-state index contributed by atoms with van der Waals surface area (Å²) in [6.07, 6.45) is 2.42. The minimum Gasteiger partial charge on any atom is -0.484 e. The summed E-state index contributed by atoms with van der Waals surface area (Å²) in [5, 5.41) is 7.39.